The molecule has 0 spiro atoms. The van der Waals surface area contributed by atoms with E-state index in [4.69, 9.17) is 11.6 Å². The third kappa shape index (κ3) is 2.84. The zero-order valence-electron chi connectivity index (χ0n) is 9.40. The van der Waals surface area contributed by atoms with E-state index < -0.39 is 0 Å². The number of aromatic nitrogens is 4. The second-order valence-electron chi connectivity index (χ2n) is 3.73. The molecule has 2 heterocycles. The van der Waals surface area contributed by atoms with Gasteiger partial charge in [0.2, 0.25) is 0 Å². The highest BCUT2D eigenvalue weighted by molar-refractivity contribution is 9.09. The monoisotopic (exact) mass is 314 g/mol. The molecule has 0 radical (unpaired) electrons. The second kappa shape index (κ2) is 5.60. The molecule has 0 unspecified atom stereocenters. The highest BCUT2D eigenvalue weighted by atomic mass is 79.9. The SMILES string of the molecule is C/C(=C\CBr)CCn1cnc2ncnc(Cl)c21. The van der Waals surface area contributed by atoms with Crippen LogP contribution in [0.2, 0.25) is 5.15 Å². The van der Waals surface area contributed by atoms with Gasteiger partial charge in [-0.05, 0) is 13.3 Å². The maximum absolute atomic E-state index is 6.05. The quantitative estimate of drug-likeness (QED) is 0.494. The van der Waals surface area contributed by atoms with Gasteiger partial charge in [-0.1, -0.05) is 39.2 Å². The largest absolute Gasteiger partial charge is 0.326 e. The molecule has 2 rings (SSSR count). The molecule has 0 aromatic carbocycles. The lowest BCUT2D eigenvalue weighted by atomic mass is 10.2. The molecule has 0 atom stereocenters. The molecule has 17 heavy (non-hydrogen) atoms. The number of halogens is 2. The smallest absolute Gasteiger partial charge is 0.182 e. The van der Waals surface area contributed by atoms with E-state index in [9.17, 15) is 0 Å². The van der Waals surface area contributed by atoms with Crippen molar-refractivity contribution in [2.45, 2.75) is 19.9 Å². The molecule has 0 saturated carbocycles. The lowest BCUT2D eigenvalue weighted by Gasteiger charge is -2.04. The summed E-state index contributed by atoms with van der Waals surface area (Å²) in [6.07, 6.45) is 6.30. The van der Waals surface area contributed by atoms with Crippen molar-refractivity contribution in [2.24, 2.45) is 0 Å². The standard InChI is InChI=1S/C11H12BrClN4/c1-8(2-4-12)3-5-17-7-16-11-9(17)10(13)14-6-15-11/h2,6-7H,3-5H2,1H3/b8-2+. The fourth-order valence-electron chi connectivity index (χ4n) is 1.57. The van der Waals surface area contributed by atoms with Gasteiger partial charge in [0.1, 0.15) is 11.8 Å². The topological polar surface area (TPSA) is 43.6 Å². The van der Waals surface area contributed by atoms with Gasteiger partial charge in [-0.3, -0.25) is 0 Å². The highest BCUT2D eigenvalue weighted by Gasteiger charge is 2.08. The van der Waals surface area contributed by atoms with Crippen molar-refractivity contribution in [3.63, 3.8) is 0 Å². The molecule has 0 saturated heterocycles. The Morgan fingerprint density at radius 1 is 1.47 bits per heavy atom. The number of fused-ring (bicyclic) bond motifs is 1. The maximum atomic E-state index is 6.05. The molecule has 0 aliphatic carbocycles. The molecule has 0 fully saturated rings. The zero-order chi connectivity index (χ0) is 12.3. The van der Waals surface area contributed by atoms with Crippen molar-refractivity contribution in [1.82, 2.24) is 19.5 Å². The van der Waals surface area contributed by atoms with Crippen molar-refractivity contribution in [3.05, 3.63) is 29.5 Å². The molecule has 0 amide bonds. The van der Waals surface area contributed by atoms with Crippen LogP contribution < -0.4 is 0 Å². The van der Waals surface area contributed by atoms with E-state index in [1.54, 1.807) is 6.33 Å². The summed E-state index contributed by atoms with van der Waals surface area (Å²) in [5.41, 5.74) is 2.78. The van der Waals surface area contributed by atoms with Gasteiger partial charge in [-0.15, -0.1) is 0 Å². The van der Waals surface area contributed by atoms with E-state index in [1.165, 1.54) is 11.9 Å². The summed E-state index contributed by atoms with van der Waals surface area (Å²) < 4.78 is 1.99. The minimum atomic E-state index is 0.453. The first-order chi connectivity index (χ1) is 8.22. The number of hydrogen-bond donors (Lipinski definition) is 0. The minimum absolute atomic E-state index is 0.453. The van der Waals surface area contributed by atoms with Gasteiger partial charge in [-0.25, -0.2) is 15.0 Å². The summed E-state index contributed by atoms with van der Waals surface area (Å²) in [6.45, 7) is 2.94. The summed E-state index contributed by atoms with van der Waals surface area (Å²) in [7, 11) is 0. The number of allylic oxidation sites excluding steroid dienone is 2. The summed E-state index contributed by atoms with van der Waals surface area (Å²) in [6, 6.07) is 0. The van der Waals surface area contributed by atoms with Crippen LogP contribution in [0.1, 0.15) is 13.3 Å². The molecule has 6 heteroatoms. The van der Waals surface area contributed by atoms with Gasteiger partial charge in [0.05, 0.1) is 6.33 Å². The Morgan fingerprint density at radius 2 is 2.29 bits per heavy atom. The highest BCUT2D eigenvalue weighted by Crippen LogP contribution is 2.19. The first-order valence-electron chi connectivity index (χ1n) is 5.25. The molecule has 4 nitrogen and oxygen atoms in total. The Morgan fingerprint density at radius 3 is 3.06 bits per heavy atom. The van der Waals surface area contributed by atoms with Crippen LogP contribution in [-0.2, 0) is 6.54 Å². The summed E-state index contributed by atoms with van der Waals surface area (Å²) in [4.78, 5) is 12.3. The molecular formula is C11H12BrClN4. The van der Waals surface area contributed by atoms with Gasteiger partial charge < -0.3 is 4.57 Å². The second-order valence-corrected chi connectivity index (χ2v) is 4.73. The molecular weight excluding hydrogens is 304 g/mol. The van der Waals surface area contributed by atoms with Gasteiger partial charge >= 0.3 is 0 Å². The van der Waals surface area contributed by atoms with Gasteiger partial charge in [0.25, 0.3) is 0 Å². The predicted molar refractivity (Wildman–Crippen MR) is 72.5 cm³/mol. The van der Waals surface area contributed by atoms with Gasteiger partial charge in [0, 0.05) is 11.9 Å². The lowest BCUT2D eigenvalue weighted by Crippen LogP contribution is -1.98. The molecule has 2 aromatic heterocycles. The summed E-state index contributed by atoms with van der Waals surface area (Å²) >= 11 is 9.43. The fraction of sp³-hybridized carbons (Fsp3) is 0.364. The van der Waals surface area contributed by atoms with Crippen LogP contribution in [0, 0.1) is 0 Å². The van der Waals surface area contributed by atoms with Gasteiger partial charge in [-0.2, -0.15) is 0 Å². The third-order valence-corrected chi connectivity index (χ3v) is 3.14. The van der Waals surface area contributed by atoms with Crippen LogP contribution in [0.25, 0.3) is 11.2 Å². The zero-order valence-corrected chi connectivity index (χ0v) is 11.7. The molecule has 0 aliphatic heterocycles. The van der Waals surface area contributed by atoms with Crippen molar-refractivity contribution >= 4 is 38.7 Å². The molecule has 90 valence electrons. The van der Waals surface area contributed by atoms with E-state index in [0.29, 0.717) is 10.8 Å². The van der Waals surface area contributed by atoms with E-state index >= 15 is 0 Å². The number of rotatable bonds is 4. The van der Waals surface area contributed by atoms with Crippen LogP contribution >= 0.6 is 27.5 Å². The number of nitrogens with zero attached hydrogens (tertiary/aromatic N) is 4. The Hall–Kier alpha value is -0.940. The molecule has 2 aromatic rings. The van der Waals surface area contributed by atoms with Crippen LogP contribution in [0.3, 0.4) is 0 Å². The van der Waals surface area contributed by atoms with Crippen molar-refractivity contribution in [2.75, 3.05) is 5.33 Å². The first-order valence-corrected chi connectivity index (χ1v) is 6.75. The normalized spacial score (nSPS) is 12.3. The fourth-order valence-corrected chi connectivity index (χ4v) is 2.36. The average molecular weight is 316 g/mol. The predicted octanol–water partition coefficient (Wildman–Crippen LogP) is 3.21. The number of imidazole rings is 1. The third-order valence-electron chi connectivity index (χ3n) is 2.54. The van der Waals surface area contributed by atoms with Crippen LogP contribution in [0.15, 0.2) is 24.3 Å². The molecule has 0 aliphatic rings. The Balaban J connectivity index is 2.22. The van der Waals surface area contributed by atoms with Gasteiger partial charge in [0.15, 0.2) is 10.8 Å². The minimum Gasteiger partial charge on any atom is -0.326 e. The van der Waals surface area contributed by atoms with Crippen LogP contribution in [0.4, 0.5) is 0 Å². The van der Waals surface area contributed by atoms with Crippen molar-refractivity contribution in [1.29, 1.82) is 0 Å². The number of aryl methyl sites for hydroxylation is 1. The Bertz CT molecular complexity index is 549. The average Bonchev–Trinajstić information content (AvgIpc) is 2.71. The lowest BCUT2D eigenvalue weighted by molar-refractivity contribution is 0.709. The first kappa shape index (κ1) is 12.5. The number of alkyl halides is 1. The van der Waals surface area contributed by atoms with E-state index in [2.05, 4.69) is 43.9 Å². The van der Waals surface area contributed by atoms with Crippen molar-refractivity contribution < 1.29 is 0 Å². The van der Waals surface area contributed by atoms with E-state index in [1.807, 2.05) is 4.57 Å². The molecule has 0 bridgehead atoms. The van der Waals surface area contributed by atoms with E-state index in [-0.39, 0.29) is 0 Å². The maximum Gasteiger partial charge on any atom is 0.182 e. The van der Waals surface area contributed by atoms with Crippen molar-refractivity contribution in [3.8, 4) is 0 Å². The van der Waals surface area contributed by atoms with Crippen LogP contribution in [0.5, 0.6) is 0 Å². The summed E-state index contributed by atoms with van der Waals surface area (Å²) in [5.74, 6) is 0. The Labute approximate surface area is 113 Å². The Kier molecular flexibility index (Phi) is 4.12. The molecule has 0 N–H and O–H groups in total. The summed E-state index contributed by atoms with van der Waals surface area (Å²) in [5, 5.41) is 1.34. The van der Waals surface area contributed by atoms with E-state index in [0.717, 1.165) is 23.8 Å². The van der Waals surface area contributed by atoms with Crippen LogP contribution in [-0.4, -0.2) is 24.8 Å². The number of hydrogen-bond acceptors (Lipinski definition) is 3.